The number of hydrogen-bond acceptors (Lipinski definition) is 19. The van der Waals surface area contributed by atoms with Crippen LogP contribution in [0.2, 0.25) is 0 Å². The van der Waals surface area contributed by atoms with E-state index in [2.05, 4.69) is 10.0 Å². The van der Waals surface area contributed by atoms with Gasteiger partial charge in [-0.3, -0.25) is 0 Å². The van der Waals surface area contributed by atoms with Crippen LogP contribution in [-0.4, -0.2) is 172 Å². The van der Waals surface area contributed by atoms with Gasteiger partial charge >= 0.3 is 0 Å². The molecule has 3 saturated heterocycles. The van der Waals surface area contributed by atoms with Crippen molar-refractivity contribution >= 4 is 0 Å². The Morgan fingerprint density at radius 2 is 1.18 bits per heavy atom. The lowest BCUT2D eigenvalue weighted by Crippen LogP contribution is -2.68. The molecule has 0 spiro atoms. The summed E-state index contributed by atoms with van der Waals surface area (Å²) in [7, 11) is 0. The van der Waals surface area contributed by atoms with Crippen molar-refractivity contribution in [3.63, 3.8) is 0 Å². The first kappa shape index (κ1) is 35.4. The zero-order valence-electron chi connectivity index (χ0n) is 23.6. The van der Waals surface area contributed by atoms with Crippen LogP contribution < -0.4 is 28.7 Å². The van der Waals surface area contributed by atoms with E-state index in [1.165, 1.54) is 0 Å². The fraction of sp³-hybridized carbons (Fsp3) is 1.00. The standard InChI is InChI=1S/C23H44N8O13/c24-2-7-13(34)15(36)10(27)21(39-7)42-18-6(26)1-5(25)12(33)20(18)44-23-17(38)19(9(4-32)41-23)43-22-11(28)16(37)14(35)8(40-22)3-30-31-29/h5-23,32-38H,1-4,24-28H2/t5-,6?,7?,8+,9-,10?,11?,12?,13-,14+,15-,16?,17?,18-,19+,20-,21-,22+,23+/m1/s1. The molecule has 0 amide bonds. The molecule has 4 fully saturated rings. The average molecular weight is 641 g/mol. The summed E-state index contributed by atoms with van der Waals surface area (Å²) in [6.45, 7) is -1.22. The van der Waals surface area contributed by atoms with Crippen LogP contribution in [0, 0.1) is 0 Å². The SMILES string of the molecule is [N-]=[N+]=NC[C@@H]1O[C@@H](O[C@@H]2C(O)[C@H](O[C@@H]3C(O)[C@H](N)CC(N)[C@H]3O[C@H]3OC(CN)[C@@H](O)[C@H](O)C3N)O[C@@H]2CO)C(N)C(O)[C@H]1O. The minimum Gasteiger partial charge on any atom is -0.394 e. The van der Waals surface area contributed by atoms with Gasteiger partial charge in [0.25, 0.3) is 0 Å². The normalized spacial score (nSPS) is 51.6. The van der Waals surface area contributed by atoms with Crippen molar-refractivity contribution in [2.75, 3.05) is 19.7 Å². The number of aliphatic hydroxyl groups excluding tert-OH is 7. The first-order valence-corrected chi connectivity index (χ1v) is 14.2. The van der Waals surface area contributed by atoms with Crippen molar-refractivity contribution in [2.24, 2.45) is 33.8 Å². The lowest BCUT2D eigenvalue weighted by Gasteiger charge is -2.47. The quantitative estimate of drug-likeness (QED) is 0.0599. The number of aliphatic hydroxyl groups is 7. The Labute approximate surface area is 251 Å². The van der Waals surface area contributed by atoms with Crippen LogP contribution in [0.3, 0.4) is 0 Å². The van der Waals surface area contributed by atoms with Gasteiger partial charge in [0.1, 0.15) is 61.0 Å². The highest BCUT2D eigenvalue weighted by molar-refractivity contribution is 5.02. The van der Waals surface area contributed by atoms with Crippen LogP contribution in [0.1, 0.15) is 6.42 Å². The highest BCUT2D eigenvalue weighted by Gasteiger charge is 2.54. The molecule has 3 heterocycles. The molecule has 0 radical (unpaired) electrons. The zero-order chi connectivity index (χ0) is 32.5. The van der Waals surface area contributed by atoms with E-state index in [-0.39, 0.29) is 19.5 Å². The van der Waals surface area contributed by atoms with E-state index in [1.54, 1.807) is 0 Å². The van der Waals surface area contributed by atoms with Gasteiger partial charge in [-0.15, -0.1) is 0 Å². The molecule has 4 aliphatic rings. The molecule has 21 nitrogen and oxygen atoms in total. The highest BCUT2D eigenvalue weighted by Crippen LogP contribution is 2.34. The summed E-state index contributed by atoms with van der Waals surface area (Å²) >= 11 is 0. The van der Waals surface area contributed by atoms with Crippen molar-refractivity contribution in [1.29, 1.82) is 0 Å². The maximum Gasteiger partial charge on any atom is 0.187 e. The fourth-order valence-corrected chi connectivity index (χ4v) is 5.82. The molecule has 21 heteroatoms. The predicted octanol–water partition coefficient (Wildman–Crippen LogP) is -7.54. The summed E-state index contributed by atoms with van der Waals surface area (Å²) in [6, 6.07) is -4.33. The molecule has 7 unspecified atom stereocenters. The number of rotatable bonds is 10. The van der Waals surface area contributed by atoms with Gasteiger partial charge < -0.3 is 92.8 Å². The third-order valence-electron chi connectivity index (χ3n) is 8.46. The van der Waals surface area contributed by atoms with Gasteiger partial charge in [-0.2, -0.15) is 0 Å². The van der Waals surface area contributed by atoms with Gasteiger partial charge in [-0.05, 0) is 12.0 Å². The molecule has 0 aromatic heterocycles. The Kier molecular flexibility index (Phi) is 12.1. The largest absolute Gasteiger partial charge is 0.394 e. The van der Waals surface area contributed by atoms with E-state index in [1.807, 2.05) is 0 Å². The van der Waals surface area contributed by atoms with Crippen molar-refractivity contribution in [2.45, 2.75) is 123 Å². The maximum absolute atomic E-state index is 11.2. The number of hydrogen-bond donors (Lipinski definition) is 12. The molecule has 1 saturated carbocycles. The third kappa shape index (κ3) is 7.11. The lowest BCUT2D eigenvalue weighted by atomic mass is 9.84. The van der Waals surface area contributed by atoms with Crippen LogP contribution in [0.15, 0.2) is 5.11 Å². The van der Waals surface area contributed by atoms with E-state index in [0.29, 0.717) is 0 Å². The maximum atomic E-state index is 11.2. The Morgan fingerprint density at radius 1 is 0.659 bits per heavy atom. The minimum absolute atomic E-state index is 0.0698. The lowest BCUT2D eigenvalue weighted by molar-refractivity contribution is -0.306. The highest BCUT2D eigenvalue weighted by atomic mass is 16.8. The molecular formula is C23H44N8O13. The first-order valence-electron chi connectivity index (χ1n) is 14.2. The summed E-state index contributed by atoms with van der Waals surface area (Å²) < 4.78 is 34.6. The molecular weight excluding hydrogens is 596 g/mol. The smallest absolute Gasteiger partial charge is 0.187 e. The summed E-state index contributed by atoms with van der Waals surface area (Å²) in [5.41, 5.74) is 38.7. The van der Waals surface area contributed by atoms with Crippen molar-refractivity contribution in [1.82, 2.24) is 0 Å². The van der Waals surface area contributed by atoms with E-state index in [4.69, 9.17) is 62.6 Å². The van der Waals surface area contributed by atoms with Crippen LogP contribution in [0.4, 0.5) is 0 Å². The molecule has 4 rings (SSSR count). The fourth-order valence-electron chi connectivity index (χ4n) is 5.82. The Hall–Kier alpha value is -1.41. The summed E-state index contributed by atoms with van der Waals surface area (Å²) in [5, 5.41) is 76.6. The van der Waals surface area contributed by atoms with E-state index >= 15 is 0 Å². The number of nitrogens with zero attached hydrogens (tertiary/aromatic N) is 3. The zero-order valence-corrected chi connectivity index (χ0v) is 23.6. The molecule has 19 atom stereocenters. The van der Waals surface area contributed by atoms with Crippen LogP contribution in [0.5, 0.6) is 0 Å². The van der Waals surface area contributed by atoms with Crippen molar-refractivity contribution in [3.8, 4) is 0 Å². The molecule has 254 valence electrons. The van der Waals surface area contributed by atoms with Gasteiger partial charge in [-0.1, -0.05) is 5.11 Å². The van der Waals surface area contributed by atoms with Crippen molar-refractivity contribution in [3.05, 3.63) is 10.4 Å². The predicted molar refractivity (Wildman–Crippen MR) is 143 cm³/mol. The topological polar surface area (TPSA) is 376 Å². The molecule has 0 bridgehead atoms. The van der Waals surface area contributed by atoms with Crippen molar-refractivity contribution < 1.29 is 64.2 Å². The minimum atomic E-state index is -1.66. The van der Waals surface area contributed by atoms with Crippen LogP contribution >= 0.6 is 0 Å². The number of ether oxygens (including phenoxy) is 6. The molecule has 0 aromatic rings. The number of nitrogens with two attached hydrogens (primary N) is 5. The molecule has 44 heavy (non-hydrogen) atoms. The van der Waals surface area contributed by atoms with Gasteiger partial charge in [-0.25, -0.2) is 0 Å². The van der Waals surface area contributed by atoms with Crippen LogP contribution in [-0.2, 0) is 28.4 Å². The average Bonchev–Trinajstić information content (AvgIpc) is 3.30. The van der Waals surface area contributed by atoms with Crippen LogP contribution in [0.25, 0.3) is 10.4 Å². The Morgan fingerprint density at radius 3 is 1.75 bits per heavy atom. The monoisotopic (exact) mass is 640 g/mol. The van der Waals surface area contributed by atoms with Gasteiger partial charge in [0.2, 0.25) is 0 Å². The molecule has 0 aromatic carbocycles. The summed E-state index contributed by atoms with van der Waals surface area (Å²) in [5.74, 6) is 0. The second-order valence-electron chi connectivity index (χ2n) is 11.4. The molecule has 17 N–H and O–H groups in total. The number of azide groups is 1. The Balaban J connectivity index is 1.50. The molecule has 1 aliphatic carbocycles. The van der Waals surface area contributed by atoms with E-state index < -0.39 is 123 Å². The summed E-state index contributed by atoms with van der Waals surface area (Å²) in [6.07, 6.45) is -20.7. The first-order chi connectivity index (χ1) is 20.8. The van der Waals surface area contributed by atoms with E-state index in [9.17, 15) is 35.7 Å². The summed E-state index contributed by atoms with van der Waals surface area (Å²) in [4.78, 5) is 2.60. The third-order valence-corrected chi connectivity index (χ3v) is 8.46. The van der Waals surface area contributed by atoms with Gasteiger partial charge in [0, 0.05) is 23.5 Å². The molecule has 3 aliphatic heterocycles. The second kappa shape index (κ2) is 15.0. The Bertz CT molecular complexity index is 986. The second-order valence-corrected chi connectivity index (χ2v) is 11.4. The van der Waals surface area contributed by atoms with Gasteiger partial charge in [0.05, 0.1) is 37.4 Å². The van der Waals surface area contributed by atoms with E-state index in [0.717, 1.165) is 0 Å². The van der Waals surface area contributed by atoms with Gasteiger partial charge in [0.15, 0.2) is 18.9 Å².